The molecule has 0 radical (unpaired) electrons. The zero-order valence-corrected chi connectivity index (χ0v) is 19.4. The average Bonchev–Trinajstić information content (AvgIpc) is 3.21. The third kappa shape index (κ3) is 4.78. The van der Waals surface area contributed by atoms with Crippen molar-refractivity contribution in [1.82, 2.24) is 15.2 Å². The van der Waals surface area contributed by atoms with E-state index in [2.05, 4.69) is 25.0 Å². The third-order valence-corrected chi connectivity index (χ3v) is 5.91. The molecule has 3 N–H and O–H groups in total. The van der Waals surface area contributed by atoms with Crippen LogP contribution in [0, 0.1) is 0 Å². The van der Waals surface area contributed by atoms with E-state index < -0.39 is 41.0 Å². The van der Waals surface area contributed by atoms with Gasteiger partial charge in [-0.3, -0.25) is 14.5 Å². The minimum absolute atomic E-state index is 0. The fraction of sp³-hybridized carbons (Fsp3) is 0.333. The van der Waals surface area contributed by atoms with E-state index >= 15 is 0 Å². The van der Waals surface area contributed by atoms with Crippen LogP contribution in [0.2, 0.25) is 0 Å². The van der Waals surface area contributed by atoms with Crippen LogP contribution in [0.3, 0.4) is 0 Å². The van der Waals surface area contributed by atoms with Gasteiger partial charge in [-0.05, 0) is 0 Å². The number of nitrogens with zero attached hydrogens (tertiary/aromatic N) is 3. The number of fused-ring (bicyclic) bond motifs is 1. The number of primary amides is 1. The van der Waals surface area contributed by atoms with Crippen LogP contribution < -0.4 is 45.7 Å². The molecular weight excluding hydrogens is 449 g/mol. The minimum Gasteiger partial charge on any atom is -0.543 e. The van der Waals surface area contributed by atoms with Gasteiger partial charge >= 0.3 is 35.7 Å². The molecule has 12 nitrogen and oxygen atoms in total. The van der Waals surface area contributed by atoms with E-state index in [1.165, 1.54) is 35.7 Å². The van der Waals surface area contributed by atoms with Gasteiger partial charge in [0.15, 0.2) is 5.71 Å². The summed E-state index contributed by atoms with van der Waals surface area (Å²) in [7, 11) is 1.26. The number of thiazole rings is 1. The predicted molar refractivity (Wildman–Crippen MR) is 98.3 cm³/mol. The van der Waals surface area contributed by atoms with Crippen molar-refractivity contribution >= 4 is 52.7 Å². The Labute approximate surface area is 200 Å². The maximum absolute atomic E-state index is 12.6. The molecule has 1 saturated heterocycles. The molecule has 2 atom stereocenters. The number of carbonyl (C=O) groups excluding carboxylic acids is 4. The molecule has 15 heteroatoms. The second kappa shape index (κ2) is 10.3. The second-order valence-corrected chi connectivity index (χ2v) is 7.53. The van der Waals surface area contributed by atoms with Crippen molar-refractivity contribution < 1.29 is 63.4 Å². The van der Waals surface area contributed by atoms with E-state index in [1.807, 2.05) is 0 Å². The standard InChI is InChI=1S/C15H15N5O7S2.Na/c1-26-19-8(7-4-28-5-17-7)11(21)18-9-12(22)20-10(14(23)24)6(2-27-15(16)25)3-29-13(9)20;/h4-5,9,13H,2-3H2,1H3,(H2,16,25)(H,18,21)(H,23,24);/q;+1/p-1/b19-8-;/t9?,13-;/m1./s1. The number of carboxylic acids is 1. The maximum Gasteiger partial charge on any atom is 1.00 e. The molecule has 3 rings (SSSR count). The van der Waals surface area contributed by atoms with Crippen LogP contribution in [0.1, 0.15) is 5.69 Å². The summed E-state index contributed by atoms with van der Waals surface area (Å²) in [5, 5.41) is 18.6. The number of carbonyl (C=O) groups is 4. The van der Waals surface area contributed by atoms with E-state index in [1.54, 1.807) is 5.38 Å². The predicted octanol–water partition coefficient (Wildman–Crippen LogP) is -5.00. The van der Waals surface area contributed by atoms with Crippen molar-refractivity contribution in [3.63, 3.8) is 0 Å². The quantitative estimate of drug-likeness (QED) is 0.173. The van der Waals surface area contributed by atoms with Gasteiger partial charge in [-0.25, -0.2) is 9.78 Å². The van der Waals surface area contributed by atoms with Gasteiger partial charge in [-0.2, -0.15) is 0 Å². The van der Waals surface area contributed by atoms with Crippen molar-refractivity contribution in [2.75, 3.05) is 19.5 Å². The fourth-order valence-corrected chi connectivity index (χ4v) is 4.64. The molecule has 0 spiro atoms. The van der Waals surface area contributed by atoms with Crippen molar-refractivity contribution in [2.24, 2.45) is 10.9 Å². The number of hydrogen-bond acceptors (Lipinski definition) is 11. The molecule has 3 heterocycles. The summed E-state index contributed by atoms with van der Waals surface area (Å²) < 4.78 is 4.63. The summed E-state index contributed by atoms with van der Waals surface area (Å²) in [6, 6.07) is -0.985. The van der Waals surface area contributed by atoms with Crippen molar-refractivity contribution in [3.8, 4) is 0 Å². The Kier molecular flexibility index (Phi) is 8.25. The molecule has 2 aliphatic rings. The molecule has 0 aromatic carbocycles. The van der Waals surface area contributed by atoms with Crippen molar-refractivity contribution in [3.05, 3.63) is 27.9 Å². The number of amides is 3. The van der Waals surface area contributed by atoms with Crippen LogP contribution in [0.25, 0.3) is 0 Å². The second-order valence-electron chi connectivity index (χ2n) is 5.70. The number of aliphatic carboxylic acids is 1. The van der Waals surface area contributed by atoms with E-state index in [-0.39, 0.29) is 58.9 Å². The van der Waals surface area contributed by atoms with E-state index in [0.29, 0.717) is 0 Å². The average molecular weight is 463 g/mol. The van der Waals surface area contributed by atoms with Crippen molar-refractivity contribution in [1.29, 1.82) is 0 Å². The van der Waals surface area contributed by atoms with Gasteiger partial charge < -0.3 is 30.5 Å². The van der Waals surface area contributed by atoms with Crippen molar-refractivity contribution in [2.45, 2.75) is 11.4 Å². The summed E-state index contributed by atoms with van der Waals surface area (Å²) in [4.78, 5) is 57.1. The number of aromatic nitrogens is 1. The molecule has 0 aliphatic carbocycles. The normalized spacial score (nSPS) is 20.5. The first-order valence-electron chi connectivity index (χ1n) is 7.96. The zero-order chi connectivity index (χ0) is 21.1. The molecule has 1 aromatic heterocycles. The molecule has 2 aliphatic heterocycles. The zero-order valence-electron chi connectivity index (χ0n) is 15.8. The first kappa shape index (κ1) is 24.1. The monoisotopic (exact) mass is 463 g/mol. The molecule has 1 unspecified atom stereocenters. The first-order valence-corrected chi connectivity index (χ1v) is 9.95. The summed E-state index contributed by atoms with van der Waals surface area (Å²) in [5.41, 5.74) is 6.34. The van der Waals surface area contributed by atoms with Gasteiger partial charge in [-0.15, -0.1) is 23.1 Å². The molecular formula is C15H14N5NaO7S2. The third-order valence-electron chi connectivity index (χ3n) is 3.99. The number of carboxylic acid groups (broad SMARTS) is 1. The Bertz CT molecular complexity index is 920. The molecule has 3 amide bonds. The van der Waals surface area contributed by atoms with Crippen LogP contribution in [-0.2, 0) is 24.0 Å². The number of nitrogens with one attached hydrogen (secondary N) is 1. The molecule has 0 saturated carbocycles. The smallest absolute Gasteiger partial charge is 0.543 e. The van der Waals surface area contributed by atoms with Gasteiger partial charge in [0.05, 0.1) is 17.2 Å². The van der Waals surface area contributed by atoms with Crippen LogP contribution >= 0.6 is 23.1 Å². The summed E-state index contributed by atoms with van der Waals surface area (Å²) in [6.07, 6.45) is -1.07. The van der Waals surface area contributed by atoms with Crippen LogP contribution in [0.4, 0.5) is 4.79 Å². The molecule has 30 heavy (non-hydrogen) atoms. The van der Waals surface area contributed by atoms with E-state index in [0.717, 1.165) is 4.90 Å². The Morgan fingerprint density at radius 2 is 2.20 bits per heavy atom. The number of oxime groups is 1. The van der Waals surface area contributed by atoms with Gasteiger partial charge in [0.2, 0.25) is 0 Å². The molecule has 0 bridgehead atoms. The molecule has 1 aromatic rings. The minimum atomic E-state index is -1.60. The number of nitrogens with two attached hydrogens (primary N) is 1. The Hall–Kier alpha value is -2.13. The number of rotatable bonds is 7. The van der Waals surface area contributed by atoms with E-state index in [9.17, 15) is 24.3 Å². The number of thioether (sulfide) groups is 1. The Morgan fingerprint density at radius 3 is 2.77 bits per heavy atom. The summed E-state index contributed by atoms with van der Waals surface area (Å²) in [5.74, 6) is -2.80. The SMILES string of the molecule is CO/N=C(\C(=O)NC1C(=O)N2C(C(=O)[O-])=C(COC(N)=O)CS[C@H]12)c1cscn1.[Na+]. The summed E-state index contributed by atoms with van der Waals surface area (Å²) >= 11 is 2.44. The van der Waals surface area contributed by atoms with Gasteiger partial charge in [-0.1, -0.05) is 5.16 Å². The number of hydrogen-bond donors (Lipinski definition) is 2. The van der Waals surface area contributed by atoms with Crippen LogP contribution in [0.5, 0.6) is 0 Å². The van der Waals surface area contributed by atoms with Crippen LogP contribution in [0.15, 0.2) is 27.3 Å². The maximum atomic E-state index is 12.6. The van der Waals surface area contributed by atoms with Gasteiger partial charge in [0, 0.05) is 16.7 Å². The molecule has 154 valence electrons. The van der Waals surface area contributed by atoms with E-state index in [4.69, 9.17) is 5.73 Å². The fourth-order valence-electron chi connectivity index (χ4n) is 2.78. The Morgan fingerprint density at radius 1 is 1.47 bits per heavy atom. The largest absolute Gasteiger partial charge is 1.00 e. The van der Waals surface area contributed by atoms with Gasteiger partial charge in [0.1, 0.15) is 30.8 Å². The van der Waals surface area contributed by atoms with Crippen LogP contribution in [-0.4, -0.2) is 70.4 Å². The summed E-state index contributed by atoms with van der Waals surface area (Å²) in [6.45, 7) is -0.381. The molecule has 1 fully saturated rings. The number of β-lactam (4-membered cyclic amide) rings is 1. The topological polar surface area (TPSA) is 176 Å². The van der Waals surface area contributed by atoms with Gasteiger partial charge in [0.25, 0.3) is 11.8 Å². The number of ether oxygens (including phenoxy) is 1. The first-order chi connectivity index (χ1) is 13.8. The Balaban J connectivity index is 0.00000320.